The van der Waals surface area contributed by atoms with E-state index in [4.69, 9.17) is 9.47 Å². The minimum atomic E-state index is 0.439. The van der Waals surface area contributed by atoms with Gasteiger partial charge in [0, 0.05) is 25.4 Å². The van der Waals surface area contributed by atoms with Crippen molar-refractivity contribution in [1.29, 1.82) is 0 Å². The number of benzene rings is 1. The number of aryl methyl sites for hydroxylation is 1. The molecule has 6 heteroatoms. The van der Waals surface area contributed by atoms with Gasteiger partial charge in [0.25, 0.3) is 0 Å². The van der Waals surface area contributed by atoms with Crippen LogP contribution in [0.15, 0.2) is 35.6 Å². The lowest BCUT2D eigenvalue weighted by Crippen LogP contribution is -2.20. The average Bonchev–Trinajstić information content (AvgIpc) is 3.16. The number of methoxy groups -OCH3 is 1. The highest BCUT2D eigenvalue weighted by atomic mass is 16.5. The maximum atomic E-state index is 5.97. The van der Waals surface area contributed by atoms with E-state index < -0.39 is 0 Å². The Hall–Kier alpha value is -2.50. The van der Waals surface area contributed by atoms with Gasteiger partial charge in [-0.3, -0.25) is 9.67 Å². The van der Waals surface area contributed by atoms with Crippen LogP contribution in [-0.4, -0.2) is 35.8 Å². The van der Waals surface area contributed by atoms with Gasteiger partial charge in [-0.15, -0.1) is 0 Å². The number of rotatable bonds is 5. The molecule has 3 rings (SSSR count). The molecule has 0 radical (unpaired) electrons. The second kappa shape index (κ2) is 5.87. The number of amidine groups is 1. The van der Waals surface area contributed by atoms with Gasteiger partial charge in [0.05, 0.1) is 25.4 Å². The van der Waals surface area contributed by atoms with Gasteiger partial charge >= 0.3 is 0 Å². The molecule has 1 aliphatic rings. The molecule has 1 aliphatic heterocycles. The summed E-state index contributed by atoms with van der Waals surface area (Å²) in [5.41, 5.74) is 1.94. The molecule has 0 bridgehead atoms. The van der Waals surface area contributed by atoms with E-state index in [1.54, 1.807) is 18.0 Å². The van der Waals surface area contributed by atoms with E-state index in [9.17, 15) is 0 Å². The van der Waals surface area contributed by atoms with Crippen molar-refractivity contribution in [3.05, 3.63) is 41.7 Å². The SMILES string of the molecule is COc1cccc(C2=NCCN2)c1OCc1cnn(C)c1. The molecule has 6 nitrogen and oxygen atoms in total. The third-order valence-corrected chi connectivity index (χ3v) is 3.27. The van der Waals surface area contributed by atoms with Crippen LogP contribution >= 0.6 is 0 Å². The van der Waals surface area contributed by atoms with Crippen molar-refractivity contribution >= 4 is 5.84 Å². The summed E-state index contributed by atoms with van der Waals surface area (Å²) in [5, 5.41) is 7.41. The normalized spacial score (nSPS) is 13.7. The Kier molecular flexibility index (Phi) is 3.77. The molecule has 0 saturated heterocycles. The highest BCUT2D eigenvalue weighted by Gasteiger charge is 2.17. The molecule has 0 fully saturated rings. The van der Waals surface area contributed by atoms with Crippen LogP contribution < -0.4 is 14.8 Å². The number of para-hydroxylation sites is 1. The summed E-state index contributed by atoms with van der Waals surface area (Å²) >= 11 is 0. The van der Waals surface area contributed by atoms with Gasteiger partial charge in [-0.05, 0) is 12.1 Å². The largest absolute Gasteiger partial charge is 0.493 e. The van der Waals surface area contributed by atoms with E-state index in [2.05, 4.69) is 15.4 Å². The van der Waals surface area contributed by atoms with Crippen molar-refractivity contribution < 1.29 is 9.47 Å². The Balaban J connectivity index is 1.87. The highest BCUT2D eigenvalue weighted by molar-refractivity contribution is 6.02. The number of ether oxygens (including phenoxy) is 2. The van der Waals surface area contributed by atoms with Gasteiger partial charge in [0.1, 0.15) is 12.4 Å². The Morgan fingerprint density at radius 3 is 2.95 bits per heavy atom. The highest BCUT2D eigenvalue weighted by Crippen LogP contribution is 2.32. The molecule has 1 aromatic carbocycles. The van der Waals surface area contributed by atoms with Crippen LogP contribution in [0.5, 0.6) is 11.5 Å². The van der Waals surface area contributed by atoms with Crippen molar-refractivity contribution in [2.45, 2.75) is 6.61 Å². The lowest BCUT2D eigenvalue weighted by molar-refractivity contribution is 0.284. The number of hydrogen-bond acceptors (Lipinski definition) is 5. The average molecular weight is 286 g/mol. The first-order valence-corrected chi connectivity index (χ1v) is 6.84. The van der Waals surface area contributed by atoms with E-state index in [1.807, 2.05) is 31.4 Å². The third kappa shape index (κ3) is 2.84. The maximum absolute atomic E-state index is 5.97. The summed E-state index contributed by atoms with van der Waals surface area (Å²) in [6.45, 7) is 2.08. The van der Waals surface area contributed by atoms with Gasteiger partial charge in [0.15, 0.2) is 11.5 Å². The van der Waals surface area contributed by atoms with Crippen LogP contribution in [0, 0.1) is 0 Å². The Morgan fingerprint density at radius 1 is 1.38 bits per heavy atom. The van der Waals surface area contributed by atoms with Crippen LogP contribution in [0.3, 0.4) is 0 Å². The van der Waals surface area contributed by atoms with Crippen LogP contribution in [-0.2, 0) is 13.7 Å². The monoisotopic (exact) mass is 286 g/mol. The van der Waals surface area contributed by atoms with Crippen LogP contribution in [0.1, 0.15) is 11.1 Å². The van der Waals surface area contributed by atoms with E-state index in [0.29, 0.717) is 18.1 Å². The summed E-state index contributed by atoms with van der Waals surface area (Å²) in [7, 11) is 3.52. The third-order valence-electron chi connectivity index (χ3n) is 3.27. The maximum Gasteiger partial charge on any atom is 0.172 e. The van der Waals surface area contributed by atoms with Crippen molar-refractivity contribution in [3.8, 4) is 11.5 Å². The number of hydrogen-bond donors (Lipinski definition) is 1. The zero-order chi connectivity index (χ0) is 14.7. The summed E-state index contributed by atoms with van der Waals surface area (Å²) in [5.74, 6) is 2.26. The van der Waals surface area contributed by atoms with Gasteiger partial charge in [-0.2, -0.15) is 5.10 Å². The predicted molar refractivity (Wildman–Crippen MR) is 79.9 cm³/mol. The van der Waals surface area contributed by atoms with E-state index in [-0.39, 0.29) is 0 Å². The van der Waals surface area contributed by atoms with Crippen LogP contribution in [0.2, 0.25) is 0 Å². The lowest BCUT2D eigenvalue weighted by atomic mass is 10.1. The summed E-state index contributed by atoms with van der Waals surface area (Å²) in [6, 6.07) is 5.81. The fourth-order valence-electron chi connectivity index (χ4n) is 2.29. The van der Waals surface area contributed by atoms with Crippen LogP contribution in [0.4, 0.5) is 0 Å². The first kappa shape index (κ1) is 13.5. The number of nitrogens with zero attached hydrogens (tertiary/aromatic N) is 3. The van der Waals surface area contributed by atoms with Crippen molar-refractivity contribution in [2.75, 3.05) is 20.2 Å². The van der Waals surface area contributed by atoms with Gasteiger partial charge in [-0.25, -0.2) is 0 Å². The number of aliphatic imine (C=N–C) groups is 1. The Bertz CT molecular complexity index is 663. The number of aromatic nitrogens is 2. The molecule has 0 amide bonds. The van der Waals surface area contributed by atoms with Gasteiger partial charge < -0.3 is 14.8 Å². The molecule has 2 heterocycles. The zero-order valence-electron chi connectivity index (χ0n) is 12.2. The molecule has 0 unspecified atom stereocenters. The van der Waals surface area contributed by atoms with Crippen molar-refractivity contribution in [2.24, 2.45) is 12.0 Å². The molecule has 21 heavy (non-hydrogen) atoms. The van der Waals surface area contributed by atoms with Gasteiger partial charge in [-0.1, -0.05) is 6.07 Å². The number of nitrogens with one attached hydrogen (secondary N) is 1. The molecule has 1 N–H and O–H groups in total. The van der Waals surface area contributed by atoms with Crippen LogP contribution in [0.25, 0.3) is 0 Å². The zero-order valence-corrected chi connectivity index (χ0v) is 12.2. The molecular formula is C15H18N4O2. The molecule has 2 aromatic rings. The second-order valence-electron chi connectivity index (χ2n) is 4.80. The van der Waals surface area contributed by atoms with E-state index in [1.165, 1.54) is 0 Å². The fraction of sp³-hybridized carbons (Fsp3) is 0.333. The topological polar surface area (TPSA) is 60.7 Å². The first-order valence-electron chi connectivity index (χ1n) is 6.84. The molecule has 0 aliphatic carbocycles. The van der Waals surface area contributed by atoms with Crippen molar-refractivity contribution in [3.63, 3.8) is 0 Å². The summed E-state index contributed by atoms with van der Waals surface area (Å²) in [4.78, 5) is 4.45. The molecule has 0 spiro atoms. The molecule has 0 saturated carbocycles. The minimum Gasteiger partial charge on any atom is -0.493 e. The molecular weight excluding hydrogens is 268 g/mol. The molecule has 110 valence electrons. The standard InChI is InChI=1S/C15H18N4O2/c1-19-9-11(8-18-19)10-21-14-12(15-16-6-7-17-15)4-3-5-13(14)20-2/h3-5,8-9H,6-7,10H2,1-2H3,(H,16,17). The smallest absolute Gasteiger partial charge is 0.172 e. The first-order chi connectivity index (χ1) is 10.3. The van der Waals surface area contributed by atoms with E-state index >= 15 is 0 Å². The predicted octanol–water partition coefficient (Wildman–Crippen LogP) is 1.36. The van der Waals surface area contributed by atoms with Gasteiger partial charge in [0.2, 0.25) is 0 Å². The lowest BCUT2D eigenvalue weighted by Gasteiger charge is -2.14. The molecule has 1 aromatic heterocycles. The Labute approximate surface area is 123 Å². The quantitative estimate of drug-likeness (QED) is 0.901. The minimum absolute atomic E-state index is 0.439. The summed E-state index contributed by atoms with van der Waals surface area (Å²) < 4.78 is 13.1. The van der Waals surface area contributed by atoms with E-state index in [0.717, 1.165) is 30.1 Å². The molecule has 0 atom stereocenters. The fourth-order valence-corrected chi connectivity index (χ4v) is 2.29. The summed E-state index contributed by atoms with van der Waals surface area (Å²) in [6.07, 6.45) is 3.72. The second-order valence-corrected chi connectivity index (χ2v) is 4.80. The van der Waals surface area contributed by atoms with Crippen molar-refractivity contribution in [1.82, 2.24) is 15.1 Å². The Morgan fingerprint density at radius 2 is 2.29 bits per heavy atom.